The van der Waals surface area contributed by atoms with Crippen molar-refractivity contribution in [3.8, 4) is 0 Å². The van der Waals surface area contributed by atoms with Crippen molar-refractivity contribution in [2.45, 2.75) is 6.54 Å². The van der Waals surface area contributed by atoms with Crippen molar-refractivity contribution in [2.24, 2.45) is 0 Å². The van der Waals surface area contributed by atoms with Gasteiger partial charge in [-0.05, 0) is 17.7 Å². The lowest BCUT2D eigenvalue weighted by Gasteiger charge is -2.16. The van der Waals surface area contributed by atoms with Crippen LogP contribution >= 0.6 is 0 Å². The number of nitrogen functional groups attached to an aromatic ring is 1. The van der Waals surface area contributed by atoms with Crippen LogP contribution in [0.2, 0.25) is 0 Å². The summed E-state index contributed by atoms with van der Waals surface area (Å²) in [4.78, 5) is 17.8. The van der Waals surface area contributed by atoms with E-state index in [1.165, 1.54) is 0 Å². The third kappa shape index (κ3) is 2.85. The first kappa shape index (κ1) is 12.1. The molecule has 1 amide bonds. The molecule has 0 aliphatic carbocycles. The molecule has 0 aliphatic heterocycles. The molecular weight excluding hydrogens is 226 g/mol. The van der Waals surface area contributed by atoms with Crippen LogP contribution in [0.1, 0.15) is 16.1 Å². The summed E-state index contributed by atoms with van der Waals surface area (Å²) in [6.07, 6.45) is 1.54. The Kier molecular flexibility index (Phi) is 3.57. The summed E-state index contributed by atoms with van der Waals surface area (Å²) in [5.41, 5.74) is 7.63. The van der Waals surface area contributed by atoms with Crippen LogP contribution in [0.15, 0.2) is 48.7 Å². The molecule has 4 nitrogen and oxygen atoms in total. The van der Waals surface area contributed by atoms with Gasteiger partial charge in [-0.3, -0.25) is 9.78 Å². The van der Waals surface area contributed by atoms with Gasteiger partial charge in [-0.2, -0.15) is 0 Å². The summed E-state index contributed by atoms with van der Waals surface area (Å²) < 4.78 is 0. The van der Waals surface area contributed by atoms with E-state index in [1.807, 2.05) is 30.3 Å². The number of amides is 1. The Hall–Kier alpha value is -2.36. The number of pyridine rings is 1. The van der Waals surface area contributed by atoms with E-state index in [1.54, 1.807) is 30.3 Å². The smallest absolute Gasteiger partial charge is 0.272 e. The molecule has 0 spiro atoms. The fraction of sp³-hybridized carbons (Fsp3) is 0.143. The van der Waals surface area contributed by atoms with Gasteiger partial charge in [0, 0.05) is 25.5 Å². The summed E-state index contributed by atoms with van der Waals surface area (Å²) in [7, 11) is 1.75. The molecule has 1 aromatic heterocycles. The molecule has 2 N–H and O–H groups in total. The monoisotopic (exact) mass is 241 g/mol. The van der Waals surface area contributed by atoms with Crippen LogP contribution in [0.3, 0.4) is 0 Å². The predicted octanol–water partition coefficient (Wildman–Crippen LogP) is 1.94. The lowest BCUT2D eigenvalue weighted by atomic mass is 10.2. The minimum Gasteiger partial charge on any atom is -0.399 e. The Labute approximate surface area is 106 Å². The van der Waals surface area contributed by atoms with Gasteiger partial charge in [-0.25, -0.2) is 0 Å². The molecule has 1 aromatic carbocycles. The minimum atomic E-state index is -0.133. The third-order valence-corrected chi connectivity index (χ3v) is 2.61. The van der Waals surface area contributed by atoms with Crippen molar-refractivity contribution in [3.63, 3.8) is 0 Å². The van der Waals surface area contributed by atoms with E-state index in [9.17, 15) is 4.79 Å². The number of anilines is 1. The van der Waals surface area contributed by atoms with Gasteiger partial charge in [0.1, 0.15) is 5.69 Å². The molecular formula is C14H15N3O. The first-order valence-electron chi connectivity index (χ1n) is 5.68. The topological polar surface area (TPSA) is 59.2 Å². The number of rotatable bonds is 3. The van der Waals surface area contributed by atoms with Gasteiger partial charge in [-0.15, -0.1) is 0 Å². The van der Waals surface area contributed by atoms with E-state index in [0.717, 1.165) is 5.56 Å². The third-order valence-electron chi connectivity index (χ3n) is 2.61. The molecule has 18 heavy (non-hydrogen) atoms. The minimum absolute atomic E-state index is 0.133. The zero-order valence-electron chi connectivity index (χ0n) is 10.2. The van der Waals surface area contributed by atoms with Gasteiger partial charge < -0.3 is 10.6 Å². The largest absolute Gasteiger partial charge is 0.399 e. The molecule has 2 aromatic rings. The van der Waals surface area contributed by atoms with Gasteiger partial charge >= 0.3 is 0 Å². The van der Waals surface area contributed by atoms with Crippen molar-refractivity contribution >= 4 is 11.6 Å². The predicted molar refractivity (Wildman–Crippen MR) is 70.9 cm³/mol. The highest BCUT2D eigenvalue weighted by Gasteiger charge is 2.13. The van der Waals surface area contributed by atoms with E-state index in [-0.39, 0.29) is 5.91 Å². The van der Waals surface area contributed by atoms with Crippen molar-refractivity contribution in [2.75, 3.05) is 12.8 Å². The molecule has 92 valence electrons. The second-order valence-corrected chi connectivity index (χ2v) is 4.12. The zero-order valence-corrected chi connectivity index (χ0v) is 10.2. The van der Waals surface area contributed by atoms with Gasteiger partial charge in [0.15, 0.2) is 0 Å². The Morgan fingerprint density at radius 3 is 2.67 bits per heavy atom. The number of hydrogen-bond acceptors (Lipinski definition) is 3. The molecule has 0 fully saturated rings. The van der Waals surface area contributed by atoms with E-state index in [0.29, 0.717) is 17.9 Å². The molecule has 0 saturated heterocycles. The maximum atomic E-state index is 12.1. The number of carbonyl (C=O) groups is 1. The van der Waals surface area contributed by atoms with E-state index in [2.05, 4.69) is 4.98 Å². The molecule has 1 heterocycles. The van der Waals surface area contributed by atoms with E-state index < -0.39 is 0 Å². The van der Waals surface area contributed by atoms with E-state index >= 15 is 0 Å². The van der Waals surface area contributed by atoms with Crippen LogP contribution in [-0.2, 0) is 6.54 Å². The van der Waals surface area contributed by atoms with Crippen LogP contribution < -0.4 is 5.73 Å². The fourth-order valence-electron chi connectivity index (χ4n) is 1.69. The molecule has 0 atom stereocenters. The standard InChI is InChI=1S/C14H15N3O/c1-17(10-11-5-3-2-4-6-11)14(18)13-9-12(15)7-8-16-13/h2-9H,10H2,1H3,(H2,15,16). The molecule has 0 unspecified atom stereocenters. The van der Waals surface area contributed by atoms with Gasteiger partial charge in [0.2, 0.25) is 0 Å². The van der Waals surface area contributed by atoms with Crippen LogP contribution in [0.4, 0.5) is 5.69 Å². The lowest BCUT2D eigenvalue weighted by molar-refractivity contribution is 0.0779. The highest BCUT2D eigenvalue weighted by molar-refractivity contribution is 5.92. The second kappa shape index (κ2) is 5.31. The average Bonchev–Trinajstić information content (AvgIpc) is 2.39. The van der Waals surface area contributed by atoms with Crippen molar-refractivity contribution in [3.05, 3.63) is 59.9 Å². The van der Waals surface area contributed by atoms with Crippen LogP contribution in [-0.4, -0.2) is 22.8 Å². The Balaban J connectivity index is 2.10. The van der Waals surface area contributed by atoms with Crippen molar-refractivity contribution in [1.29, 1.82) is 0 Å². The molecule has 0 aliphatic rings. The number of carbonyl (C=O) groups excluding carboxylic acids is 1. The highest BCUT2D eigenvalue weighted by Crippen LogP contribution is 2.08. The maximum absolute atomic E-state index is 12.1. The number of nitrogens with zero attached hydrogens (tertiary/aromatic N) is 2. The summed E-state index contributed by atoms with van der Waals surface area (Å²) in [6.45, 7) is 0.552. The molecule has 4 heteroatoms. The number of aromatic nitrogens is 1. The van der Waals surface area contributed by atoms with Gasteiger partial charge in [0.05, 0.1) is 0 Å². The Morgan fingerprint density at radius 2 is 2.00 bits per heavy atom. The number of hydrogen-bond donors (Lipinski definition) is 1. The van der Waals surface area contributed by atoms with Gasteiger partial charge in [0.25, 0.3) is 5.91 Å². The number of nitrogens with two attached hydrogens (primary N) is 1. The van der Waals surface area contributed by atoms with Crippen LogP contribution in [0.5, 0.6) is 0 Å². The zero-order chi connectivity index (χ0) is 13.0. The number of benzene rings is 1. The fourth-order valence-corrected chi connectivity index (χ4v) is 1.69. The Morgan fingerprint density at radius 1 is 1.28 bits per heavy atom. The lowest BCUT2D eigenvalue weighted by Crippen LogP contribution is -2.27. The second-order valence-electron chi connectivity index (χ2n) is 4.12. The summed E-state index contributed by atoms with van der Waals surface area (Å²) in [5, 5.41) is 0. The summed E-state index contributed by atoms with van der Waals surface area (Å²) in [6, 6.07) is 13.1. The SMILES string of the molecule is CN(Cc1ccccc1)C(=O)c1cc(N)ccn1. The molecule has 0 radical (unpaired) electrons. The molecule has 0 saturated carbocycles. The van der Waals surface area contributed by atoms with Crippen LogP contribution in [0.25, 0.3) is 0 Å². The Bertz CT molecular complexity index is 540. The first-order chi connectivity index (χ1) is 8.66. The van der Waals surface area contributed by atoms with Crippen LogP contribution in [0, 0.1) is 0 Å². The van der Waals surface area contributed by atoms with Gasteiger partial charge in [-0.1, -0.05) is 30.3 Å². The normalized spacial score (nSPS) is 10.1. The van der Waals surface area contributed by atoms with E-state index in [4.69, 9.17) is 5.73 Å². The first-order valence-corrected chi connectivity index (χ1v) is 5.68. The average molecular weight is 241 g/mol. The summed E-state index contributed by atoms with van der Waals surface area (Å²) in [5.74, 6) is -0.133. The van der Waals surface area contributed by atoms with Crippen molar-refractivity contribution < 1.29 is 4.79 Å². The molecule has 0 bridgehead atoms. The highest BCUT2D eigenvalue weighted by atomic mass is 16.2. The quantitative estimate of drug-likeness (QED) is 0.893. The molecule has 2 rings (SSSR count). The van der Waals surface area contributed by atoms with Crippen molar-refractivity contribution in [1.82, 2.24) is 9.88 Å². The maximum Gasteiger partial charge on any atom is 0.272 e. The summed E-state index contributed by atoms with van der Waals surface area (Å²) >= 11 is 0.